The normalized spacial score (nSPS) is 11.0. The molecule has 2 aromatic carbocycles. The van der Waals surface area contributed by atoms with Gasteiger partial charge in [0.05, 0.1) is 30.2 Å². The van der Waals surface area contributed by atoms with E-state index in [0.717, 1.165) is 0 Å². The standard InChI is InChI=1S/C20H23NO7S/c1-4-10-21-29(24,25)16-7-5-6-14(11-16)20(23)28-13-18(22)17-12-15(26-2)8-9-19(17)27-3/h5-9,11-12,21H,4,10,13H2,1-3H3. The van der Waals surface area contributed by atoms with Crippen LogP contribution in [0.3, 0.4) is 0 Å². The van der Waals surface area contributed by atoms with E-state index in [1.165, 1.54) is 44.6 Å². The summed E-state index contributed by atoms with van der Waals surface area (Å²) in [7, 11) is -0.840. The van der Waals surface area contributed by atoms with Gasteiger partial charge >= 0.3 is 5.97 Å². The molecule has 1 N–H and O–H groups in total. The van der Waals surface area contributed by atoms with Gasteiger partial charge < -0.3 is 14.2 Å². The highest BCUT2D eigenvalue weighted by atomic mass is 32.2. The van der Waals surface area contributed by atoms with Crippen LogP contribution >= 0.6 is 0 Å². The van der Waals surface area contributed by atoms with Crippen LogP contribution in [0.25, 0.3) is 0 Å². The highest BCUT2D eigenvalue weighted by Crippen LogP contribution is 2.24. The van der Waals surface area contributed by atoms with E-state index >= 15 is 0 Å². The van der Waals surface area contributed by atoms with Crippen molar-refractivity contribution in [2.24, 2.45) is 0 Å². The first kappa shape index (κ1) is 22.4. The second-order valence-electron chi connectivity index (χ2n) is 5.99. The number of rotatable bonds is 10. The number of methoxy groups -OCH3 is 2. The van der Waals surface area contributed by atoms with Gasteiger partial charge in [-0.15, -0.1) is 0 Å². The van der Waals surface area contributed by atoms with E-state index < -0.39 is 28.4 Å². The van der Waals surface area contributed by atoms with Crippen LogP contribution in [0.4, 0.5) is 0 Å². The molecule has 0 saturated heterocycles. The molecule has 0 aliphatic carbocycles. The van der Waals surface area contributed by atoms with Crippen molar-refractivity contribution >= 4 is 21.8 Å². The number of benzene rings is 2. The van der Waals surface area contributed by atoms with Crippen molar-refractivity contribution in [3.63, 3.8) is 0 Å². The number of carbonyl (C=O) groups is 2. The van der Waals surface area contributed by atoms with Gasteiger partial charge in [0.1, 0.15) is 11.5 Å². The van der Waals surface area contributed by atoms with Crippen LogP contribution in [-0.2, 0) is 14.8 Å². The van der Waals surface area contributed by atoms with E-state index in [0.29, 0.717) is 17.9 Å². The molecule has 0 atom stereocenters. The second kappa shape index (κ2) is 10.0. The molecule has 0 radical (unpaired) electrons. The quantitative estimate of drug-likeness (QED) is 0.464. The summed E-state index contributed by atoms with van der Waals surface area (Å²) in [6.07, 6.45) is 0.636. The van der Waals surface area contributed by atoms with Crippen molar-refractivity contribution in [3.8, 4) is 11.5 Å². The fourth-order valence-corrected chi connectivity index (χ4v) is 3.61. The molecule has 29 heavy (non-hydrogen) atoms. The van der Waals surface area contributed by atoms with Gasteiger partial charge in [0.15, 0.2) is 6.61 Å². The number of esters is 1. The molecular formula is C20H23NO7S. The Labute approximate surface area is 169 Å². The van der Waals surface area contributed by atoms with Crippen molar-refractivity contribution in [3.05, 3.63) is 53.6 Å². The molecule has 2 rings (SSSR count). The van der Waals surface area contributed by atoms with Crippen LogP contribution < -0.4 is 14.2 Å². The Kier molecular flexibility index (Phi) is 7.74. The van der Waals surface area contributed by atoms with E-state index in [2.05, 4.69) is 4.72 Å². The molecule has 0 amide bonds. The van der Waals surface area contributed by atoms with Crippen molar-refractivity contribution < 1.29 is 32.2 Å². The Morgan fingerprint density at radius 1 is 1.03 bits per heavy atom. The first-order valence-corrected chi connectivity index (χ1v) is 10.3. The third-order valence-electron chi connectivity index (χ3n) is 3.96. The lowest BCUT2D eigenvalue weighted by Gasteiger charge is -2.10. The molecule has 2 aromatic rings. The molecule has 0 fully saturated rings. The molecule has 9 heteroatoms. The van der Waals surface area contributed by atoms with Gasteiger partial charge in [-0.25, -0.2) is 17.9 Å². The van der Waals surface area contributed by atoms with Crippen LogP contribution in [0.2, 0.25) is 0 Å². The maximum Gasteiger partial charge on any atom is 0.338 e. The average molecular weight is 421 g/mol. The Hall–Kier alpha value is -2.91. The monoisotopic (exact) mass is 421 g/mol. The fraction of sp³-hybridized carbons (Fsp3) is 0.300. The van der Waals surface area contributed by atoms with Crippen LogP contribution in [-0.4, -0.2) is 47.5 Å². The van der Waals surface area contributed by atoms with E-state index in [-0.39, 0.29) is 22.6 Å². The Balaban J connectivity index is 2.12. The molecule has 0 aromatic heterocycles. The summed E-state index contributed by atoms with van der Waals surface area (Å²) in [5.74, 6) is -0.518. The highest BCUT2D eigenvalue weighted by molar-refractivity contribution is 7.89. The largest absolute Gasteiger partial charge is 0.497 e. The lowest BCUT2D eigenvalue weighted by Crippen LogP contribution is -2.24. The summed E-state index contributed by atoms with van der Waals surface area (Å²) in [4.78, 5) is 24.7. The smallest absolute Gasteiger partial charge is 0.338 e. The molecule has 0 spiro atoms. The molecule has 0 unspecified atom stereocenters. The molecular weight excluding hydrogens is 398 g/mol. The predicted molar refractivity (Wildman–Crippen MR) is 106 cm³/mol. The number of hydrogen-bond donors (Lipinski definition) is 1. The van der Waals surface area contributed by atoms with E-state index in [1.54, 1.807) is 12.1 Å². The zero-order valence-electron chi connectivity index (χ0n) is 16.4. The SMILES string of the molecule is CCCNS(=O)(=O)c1cccc(C(=O)OCC(=O)c2cc(OC)ccc2OC)c1. The van der Waals surface area contributed by atoms with Crippen LogP contribution in [0, 0.1) is 0 Å². The summed E-state index contributed by atoms with van der Waals surface area (Å²) < 4.78 is 42.1. The van der Waals surface area contributed by atoms with Crippen molar-refractivity contribution in [2.75, 3.05) is 27.4 Å². The zero-order chi connectivity index (χ0) is 21.4. The van der Waals surface area contributed by atoms with Crippen molar-refractivity contribution in [1.82, 2.24) is 4.72 Å². The topological polar surface area (TPSA) is 108 Å². The summed E-state index contributed by atoms with van der Waals surface area (Å²) in [5.41, 5.74) is 0.231. The van der Waals surface area contributed by atoms with Gasteiger partial charge in [-0.3, -0.25) is 4.79 Å². The summed E-state index contributed by atoms with van der Waals surface area (Å²) in [6.45, 7) is 1.59. The van der Waals surface area contributed by atoms with Gasteiger partial charge in [-0.2, -0.15) is 0 Å². The fourth-order valence-electron chi connectivity index (χ4n) is 2.43. The second-order valence-corrected chi connectivity index (χ2v) is 7.76. The lowest BCUT2D eigenvalue weighted by atomic mass is 10.1. The number of ketones is 1. The molecule has 8 nitrogen and oxygen atoms in total. The molecule has 0 saturated carbocycles. The van der Waals surface area contributed by atoms with E-state index in [4.69, 9.17) is 14.2 Å². The lowest BCUT2D eigenvalue weighted by molar-refractivity contribution is 0.0473. The average Bonchev–Trinajstić information content (AvgIpc) is 2.75. The Morgan fingerprint density at radius 2 is 1.79 bits per heavy atom. The highest BCUT2D eigenvalue weighted by Gasteiger charge is 2.19. The van der Waals surface area contributed by atoms with Gasteiger partial charge in [-0.1, -0.05) is 13.0 Å². The molecule has 0 aliphatic heterocycles. The van der Waals surface area contributed by atoms with Crippen molar-refractivity contribution in [2.45, 2.75) is 18.2 Å². The number of carbonyl (C=O) groups excluding carboxylic acids is 2. The third-order valence-corrected chi connectivity index (χ3v) is 5.42. The summed E-state index contributed by atoms with van der Waals surface area (Å²) >= 11 is 0. The number of ether oxygens (including phenoxy) is 3. The molecule has 0 bridgehead atoms. The minimum absolute atomic E-state index is 0.0229. The van der Waals surface area contributed by atoms with E-state index in [1.807, 2.05) is 6.92 Å². The van der Waals surface area contributed by atoms with Crippen LogP contribution in [0.15, 0.2) is 47.4 Å². The number of sulfonamides is 1. The van der Waals surface area contributed by atoms with Gasteiger partial charge in [0, 0.05) is 6.54 Å². The molecule has 156 valence electrons. The Morgan fingerprint density at radius 3 is 2.45 bits per heavy atom. The summed E-state index contributed by atoms with van der Waals surface area (Å²) in [6, 6.07) is 10.1. The summed E-state index contributed by atoms with van der Waals surface area (Å²) in [5, 5.41) is 0. The van der Waals surface area contributed by atoms with Crippen LogP contribution in [0.5, 0.6) is 11.5 Å². The maximum absolute atomic E-state index is 12.5. The number of hydrogen-bond acceptors (Lipinski definition) is 7. The van der Waals surface area contributed by atoms with Gasteiger partial charge in [0.25, 0.3) is 0 Å². The number of Topliss-reactive ketones (excluding diaryl/α,β-unsaturated/α-hetero) is 1. The van der Waals surface area contributed by atoms with Crippen LogP contribution in [0.1, 0.15) is 34.1 Å². The number of nitrogens with one attached hydrogen (secondary N) is 1. The van der Waals surface area contributed by atoms with Gasteiger partial charge in [-0.05, 0) is 42.8 Å². The van der Waals surface area contributed by atoms with Gasteiger partial charge in [0.2, 0.25) is 15.8 Å². The maximum atomic E-state index is 12.5. The first-order chi connectivity index (χ1) is 13.8. The van der Waals surface area contributed by atoms with E-state index in [9.17, 15) is 18.0 Å². The third kappa shape index (κ3) is 5.78. The predicted octanol–water partition coefficient (Wildman–Crippen LogP) is 2.43. The molecule has 0 heterocycles. The minimum Gasteiger partial charge on any atom is -0.497 e. The molecule has 0 aliphatic rings. The van der Waals surface area contributed by atoms with Crippen molar-refractivity contribution in [1.29, 1.82) is 0 Å². The Bertz CT molecular complexity index is 986. The first-order valence-electron chi connectivity index (χ1n) is 8.84. The zero-order valence-corrected chi connectivity index (χ0v) is 17.2. The minimum atomic E-state index is -3.72.